The summed E-state index contributed by atoms with van der Waals surface area (Å²) in [5.41, 5.74) is 0. The third-order valence-electron chi connectivity index (χ3n) is 2.54. The van der Waals surface area contributed by atoms with Gasteiger partial charge in [0.25, 0.3) is 0 Å². The molecule has 1 aromatic rings. The largest absolute Gasteiger partial charge is 0.360 e. The summed E-state index contributed by atoms with van der Waals surface area (Å²) >= 11 is 1.66. The molecule has 0 aliphatic carbocycles. The van der Waals surface area contributed by atoms with Gasteiger partial charge >= 0.3 is 0 Å². The summed E-state index contributed by atoms with van der Waals surface area (Å²) in [7, 11) is 6.35. The van der Waals surface area contributed by atoms with Gasteiger partial charge in [0.1, 0.15) is 5.01 Å². The third-order valence-corrected chi connectivity index (χ3v) is 3.41. The highest BCUT2D eigenvalue weighted by molar-refractivity contribution is 7.15. The lowest BCUT2D eigenvalue weighted by Gasteiger charge is -2.16. The zero-order chi connectivity index (χ0) is 13.4. The lowest BCUT2D eigenvalue weighted by Crippen LogP contribution is -2.23. The minimum atomic E-state index is 0.888. The first-order valence-electron chi connectivity index (χ1n) is 6.51. The molecule has 0 amide bonds. The molecule has 0 bridgehead atoms. The number of hydrogen-bond donors (Lipinski definition) is 1. The van der Waals surface area contributed by atoms with Crippen molar-refractivity contribution >= 4 is 16.5 Å². The summed E-state index contributed by atoms with van der Waals surface area (Å²) in [6, 6.07) is 0. The molecule has 0 aliphatic rings. The van der Waals surface area contributed by atoms with Gasteiger partial charge in [0.05, 0.1) is 6.54 Å². The van der Waals surface area contributed by atoms with Crippen LogP contribution in [0.25, 0.3) is 0 Å². The maximum Gasteiger partial charge on any atom is 0.205 e. The first-order valence-corrected chi connectivity index (χ1v) is 7.33. The predicted molar refractivity (Wildman–Crippen MR) is 78.2 cm³/mol. The second-order valence-electron chi connectivity index (χ2n) is 4.82. The van der Waals surface area contributed by atoms with E-state index in [0.717, 1.165) is 42.7 Å². The van der Waals surface area contributed by atoms with Crippen LogP contribution in [-0.2, 0) is 6.54 Å². The van der Waals surface area contributed by atoms with Crippen LogP contribution in [0.5, 0.6) is 0 Å². The Morgan fingerprint density at radius 3 is 2.61 bits per heavy atom. The highest BCUT2D eigenvalue weighted by atomic mass is 32.1. The van der Waals surface area contributed by atoms with E-state index < -0.39 is 0 Å². The Labute approximate surface area is 114 Å². The van der Waals surface area contributed by atoms with E-state index in [1.54, 1.807) is 11.3 Å². The first kappa shape index (κ1) is 15.3. The maximum absolute atomic E-state index is 4.21. The van der Waals surface area contributed by atoms with Gasteiger partial charge in [-0.2, -0.15) is 0 Å². The van der Waals surface area contributed by atoms with Crippen molar-refractivity contribution in [1.82, 2.24) is 20.0 Å². The van der Waals surface area contributed by atoms with Crippen molar-refractivity contribution in [2.24, 2.45) is 0 Å². The SMILES string of the molecule is CCCNc1nnc(CN(C)CCCN(C)C)s1. The Kier molecular flexibility index (Phi) is 7.15. The van der Waals surface area contributed by atoms with E-state index in [9.17, 15) is 0 Å². The number of rotatable bonds is 9. The van der Waals surface area contributed by atoms with E-state index in [-0.39, 0.29) is 0 Å². The van der Waals surface area contributed by atoms with Crippen molar-refractivity contribution in [3.05, 3.63) is 5.01 Å². The summed E-state index contributed by atoms with van der Waals surface area (Å²) < 4.78 is 0. The monoisotopic (exact) mass is 271 g/mol. The molecular weight excluding hydrogens is 246 g/mol. The molecule has 18 heavy (non-hydrogen) atoms. The Morgan fingerprint density at radius 2 is 1.94 bits per heavy atom. The average Bonchev–Trinajstić information content (AvgIpc) is 2.73. The molecule has 0 fully saturated rings. The van der Waals surface area contributed by atoms with Gasteiger partial charge in [-0.1, -0.05) is 18.3 Å². The number of anilines is 1. The molecule has 1 N–H and O–H groups in total. The second kappa shape index (κ2) is 8.39. The van der Waals surface area contributed by atoms with Crippen molar-refractivity contribution in [1.29, 1.82) is 0 Å². The molecule has 1 rings (SSSR count). The Balaban J connectivity index is 2.26. The maximum atomic E-state index is 4.21. The fraction of sp³-hybridized carbons (Fsp3) is 0.833. The van der Waals surface area contributed by atoms with Gasteiger partial charge in [0.15, 0.2) is 0 Å². The van der Waals surface area contributed by atoms with Crippen molar-refractivity contribution in [2.75, 3.05) is 46.1 Å². The van der Waals surface area contributed by atoms with E-state index in [4.69, 9.17) is 0 Å². The zero-order valence-electron chi connectivity index (χ0n) is 11.9. The molecule has 6 heteroatoms. The molecule has 0 radical (unpaired) electrons. The molecule has 104 valence electrons. The second-order valence-corrected chi connectivity index (χ2v) is 5.88. The highest BCUT2D eigenvalue weighted by Gasteiger charge is 2.06. The van der Waals surface area contributed by atoms with Crippen molar-refractivity contribution < 1.29 is 0 Å². The van der Waals surface area contributed by atoms with Gasteiger partial charge in [0.2, 0.25) is 5.13 Å². The molecule has 5 nitrogen and oxygen atoms in total. The molecule has 0 spiro atoms. The predicted octanol–water partition coefficient (Wildman–Crippen LogP) is 1.74. The van der Waals surface area contributed by atoms with Crippen LogP contribution in [0.15, 0.2) is 0 Å². The van der Waals surface area contributed by atoms with Crippen LogP contribution in [0.1, 0.15) is 24.8 Å². The van der Waals surface area contributed by atoms with Crippen LogP contribution >= 0.6 is 11.3 Å². The highest BCUT2D eigenvalue weighted by Crippen LogP contribution is 2.16. The van der Waals surface area contributed by atoms with Gasteiger partial charge < -0.3 is 10.2 Å². The molecule has 0 saturated carbocycles. The summed E-state index contributed by atoms with van der Waals surface area (Å²) in [4.78, 5) is 4.51. The van der Waals surface area contributed by atoms with E-state index in [1.807, 2.05) is 0 Å². The van der Waals surface area contributed by atoms with Crippen molar-refractivity contribution in [3.63, 3.8) is 0 Å². The van der Waals surface area contributed by atoms with E-state index in [2.05, 4.69) is 53.4 Å². The van der Waals surface area contributed by atoms with Crippen molar-refractivity contribution in [2.45, 2.75) is 26.3 Å². The van der Waals surface area contributed by atoms with Gasteiger partial charge in [-0.05, 0) is 47.1 Å². The number of hydrogen-bond acceptors (Lipinski definition) is 6. The third kappa shape index (κ3) is 6.28. The van der Waals surface area contributed by atoms with E-state index in [0.29, 0.717) is 0 Å². The summed E-state index contributed by atoms with van der Waals surface area (Å²) in [5.74, 6) is 0. The van der Waals surface area contributed by atoms with E-state index in [1.165, 1.54) is 6.42 Å². The molecule has 0 unspecified atom stereocenters. The number of aromatic nitrogens is 2. The van der Waals surface area contributed by atoms with Gasteiger partial charge in [-0.3, -0.25) is 4.90 Å². The molecule has 0 saturated heterocycles. The average molecular weight is 271 g/mol. The minimum absolute atomic E-state index is 0.888. The lowest BCUT2D eigenvalue weighted by atomic mass is 10.4. The Hall–Kier alpha value is -0.720. The fourth-order valence-corrected chi connectivity index (χ4v) is 2.43. The minimum Gasteiger partial charge on any atom is -0.360 e. The summed E-state index contributed by atoms with van der Waals surface area (Å²) in [5, 5.41) is 13.6. The number of nitrogens with one attached hydrogen (secondary N) is 1. The van der Waals surface area contributed by atoms with E-state index >= 15 is 0 Å². The van der Waals surface area contributed by atoms with Crippen LogP contribution in [0.2, 0.25) is 0 Å². The summed E-state index contributed by atoms with van der Waals surface area (Å²) in [6.45, 7) is 6.22. The molecule has 1 aromatic heterocycles. The quantitative estimate of drug-likeness (QED) is 0.741. The molecule has 1 heterocycles. The Morgan fingerprint density at radius 1 is 1.17 bits per heavy atom. The zero-order valence-corrected chi connectivity index (χ0v) is 12.8. The summed E-state index contributed by atoms with van der Waals surface area (Å²) in [6.07, 6.45) is 2.29. The van der Waals surface area contributed by atoms with Crippen LogP contribution in [0.4, 0.5) is 5.13 Å². The molecular formula is C12H25N5S. The van der Waals surface area contributed by atoms with Crippen LogP contribution in [0.3, 0.4) is 0 Å². The molecule has 0 atom stereocenters. The van der Waals surface area contributed by atoms with Gasteiger partial charge in [0, 0.05) is 6.54 Å². The normalized spacial score (nSPS) is 11.4. The topological polar surface area (TPSA) is 44.3 Å². The molecule has 0 aliphatic heterocycles. The van der Waals surface area contributed by atoms with Crippen LogP contribution < -0.4 is 5.32 Å². The van der Waals surface area contributed by atoms with Gasteiger partial charge in [-0.15, -0.1) is 10.2 Å². The van der Waals surface area contributed by atoms with Crippen LogP contribution in [0, 0.1) is 0 Å². The number of nitrogens with zero attached hydrogens (tertiary/aromatic N) is 4. The van der Waals surface area contributed by atoms with Crippen LogP contribution in [-0.4, -0.2) is 60.8 Å². The standard InChI is InChI=1S/C12H25N5S/c1-5-7-13-12-15-14-11(18-12)10-17(4)9-6-8-16(2)3/h5-10H2,1-4H3,(H,13,15). The van der Waals surface area contributed by atoms with Crippen molar-refractivity contribution in [3.8, 4) is 0 Å². The Bertz CT molecular complexity index is 326. The smallest absolute Gasteiger partial charge is 0.205 e. The van der Waals surface area contributed by atoms with Gasteiger partial charge in [-0.25, -0.2) is 0 Å². The fourth-order valence-electron chi connectivity index (χ4n) is 1.59. The first-order chi connectivity index (χ1) is 8.61. The molecule has 0 aromatic carbocycles. The lowest BCUT2D eigenvalue weighted by molar-refractivity contribution is 0.294.